The van der Waals surface area contributed by atoms with Crippen LogP contribution in [0, 0.1) is 11.8 Å². The summed E-state index contributed by atoms with van der Waals surface area (Å²) in [5, 5.41) is 3.53. The van der Waals surface area contributed by atoms with Crippen LogP contribution in [0.3, 0.4) is 0 Å². The second kappa shape index (κ2) is 5.46. The van der Waals surface area contributed by atoms with Crippen molar-refractivity contribution in [2.24, 2.45) is 17.6 Å². The van der Waals surface area contributed by atoms with Gasteiger partial charge in [0.1, 0.15) is 12.5 Å². The van der Waals surface area contributed by atoms with Crippen molar-refractivity contribution in [3.63, 3.8) is 0 Å². The fourth-order valence-electron chi connectivity index (χ4n) is 3.24. The summed E-state index contributed by atoms with van der Waals surface area (Å²) in [7, 11) is 2.07. The van der Waals surface area contributed by atoms with E-state index in [1.165, 1.54) is 31.9 Å². The van der Waals surface area contributed by atoms with Crippen LogP contribution in [0.5, 0.6) is 0 Å². The van der Waals surface area contributed by atoms with Crippen LogP contribution in [0.4, 0.5) is 0 Å². The molecule has 4 nitrogen and oxygen atoms in total. The first kappa shape index (κ1) is 13.0. The van der Waals surface area contributed by atoms with E-state index in [4.69, 9.17) is 5.73 Å². The van der Waals surface area contributed by atoms with Gasteiger partial charge in [-0.25, -0.2) is 0 Å². The molecule has 0 aromatic heterocycles. The van der Waals surface area contributed by atoms with Crippen molar-refractivity contribution in [3.05, 3.63) is 23.7 Å². The lowest BCUT2D eigenvalue weighted by molar-refractivity contribution is -0.110. The molecule has 4 heteroatoms. The fourth-order valence-corrected chi connectivity index (χ4v) is 3.24. The summed E-state index contributed by atoms with van der Waals surface area (Å²) in [5.41, 5.74) is 7.55. The van der Waals surface area contributed by atoms with Gasteiger partial charge in [0, 0.05) is 12.7 Å². The van der Waals surface area contributed by atoms with Gasteiger partial charge in [-0.2, -0.15) is 0 Å². The maximum atomic E-state index is 11.1. The Labute approximate surface area is 109 Å². The molecule has 0 spiro atoms. The molecule has 3 N–H and O–H groups in total. The van der Waals surface area contributed by atoms with Gasteiger partial charge in [0.15, 0.2) is 0 Å². The van der Waals surface area contributed by atoms with Crippen molar-refractivity contribution in [1.29, 1.82) is 0 Å². The highest BCUT2D eigenvalue weighted by Gasteiger charge is 2.36. The van der Waals surface area contributed by atoms with E-state index in [0.717, 1.165) is 17.7 Å². The lowest BCUT2D eigenvalue weighted by atomic mass is 10.0. The minimum Gasteiger partial charge on any atom is -0.405 e. The normalized spacial score (nSPS) is 27.0. The van der Waals surface area contributed by atoms with Crippen molar-refractivity contribution < 1.29 is 4.79 Å². The molecule has 0 saturated heterocycles. The standard InChI is InChI=1S/C14H23N3O/c1-10(9-18)13-12(7-8-15)16-14(17(13)2)11-5-3-4-6-11/h7-11,14,16H,3-6,15H2,1-2H3/b8-7-. The molecule has 2 unspecified atom stereocenters. The average Bonchev–Trinajstić information content (AvgIpc) is 2.97. The molecule has 0 radical (unpaired) electrons. The van der Waals surface area contributed by atoms with Crippen LogP contribution >= 0.6 is 0 Å². The Bertz CT molecular complexity index is 369. The highest BCUT2D eigenvalue weighted by atomic mass is 16.1. The van der Waals surface area contributed by atoms with Crippen molar-refractivity contribution in [2.75, 3.05) is 7.05 Å². The predicted molar refractivity (Wildman–Crippen MR) is 72.2 cm³/mol. The van der Waals surface area contributed by atoms with Crippen molar-refractivity contribution in [1.82, 2.24) is 10.2 Å². The first-order chi connectivity index (χ1) is 8.69. The summed E-state index contributed by atoms with van der Waals surface area (Å²) in [5.74, 6) is 0.577. The zero-order valence-corrected chi connectivity index (χ0v) is 11.2. The van der Waals surface area contributed by atoms with E-state index in [1.807, 2.05) is 13.0 Å². The Hall–Kier alpha value is -1.45. The number of carbonyl (C=O) groups is 1. The summed E-state index contributed by atoms with van der Waals surface area (Å²) in [6, 6.07) is 0. The third-order valence-electron chi connectivity index (χ3n) is 4.12. The number of carbonyl (C=O) groups excluding carboxylic acids is 1. The van der Waals surface area contributed by atoms with E-state index in [-0.39, 0.29) is 5.92 Å². The third kappa shape index (κ3) is 2.24. The molecule has 18 heavy (non-hydrogen) atoms. The molecule has 1 saturated carbocycles. The van der Waals surface area contributed by atoms with E-state index in [1.54, 1.807) is 0 Å². The van der Waals surface area contributed by atoms with Crippen molar-refractivity contribution >= 4 is 6.29 Å². The second-order valence-electron chi connectivity index (χ2n) is 5.33. The van der Waals surface area contributed by atoms with E-state index in [9.17, 15) is 4.79 Å². The van der Waals surface area contributed by atoms with Gasteiger partial charge in [-0.15, -0.1) is 0 Å². The molecular formula is C14H23N3O. The number of hydrogen-bond donors (Lipinski definition) is 2. The number of allylic oxidation sites excluding steroid dienone is 2. The summed E-state index contributed by atoms with van der Waals surface area (Å²) >= 11 is 0. The Morgan fingerprint density at radius 2 is 2.11 bits per heavy atom. The first-order valence-electron chi connectivity index (χ1n) is 6.76. The fraction of sp³-hybridized carbons (Fsp3) is 0.643. The minimum atomic E-state index is -0.0971. The van der Waals surface area contributed by atoms with Crippen LogP contribution in [0.25, 0.3) is 0 Å². The maximum Gasteiger partial charge on any atom is 0.128 e. The van der Waals surface area contributed by atoms with Crippen LogP contribution in [-0.4, -0.2) is 24.4 Å². The molecule has 1 aliphatic heterocycles. The smallest absolute Gasteiger partial charge is 0.128 e. The quantitative estimate of drug-likeness (QED) is 0.742. The van der Waals surface area contributed by atoms with Crippen LogP contribution in [0.2, 0.25) is 0 Å². The lowest BCUT2D eigenvalue weighted by Gasteiger charge is -2.30. The monoisotopic (exact) mass is 249 g/mol. The van der Waals surface area contributed by atoms with E-state index in [2.05, 4.69) is 17.3 Å². The lowest BCUT2D eigenvalue weighted by Crippen LogP contribution is -2.41. The van der Waals surface area contributed by atoms with Gasteiger partial charge in [0.25, 0.3) is 0 Å². The predicted octanol–water partition coefficient (Wildman–Crippen LogP) is 1.56. The summed E-state index contributed by atoms with van der Waals surface area (Å²) < 4.78 is 0. The molecule has 0 aromatic carbocycles. The first-order valence-corrected chi connectivity index (χ1v) is 6.76. The SMILES string of the molecule is CC(C=O)C1=C(/C=C\N)NC(C2CCCC2)N1C. The Morgan fingerprint density at radius 3 is 2.67 bits per heavy atom. The van der Waals surface area contributed by atoms with Gasteiger partial charge in [0.05, 0.1) is 11.6 Å². The number of hydrogen-bond acceptors (Lipinski definition) is 4. The molecule has 100 valence electrons. The number of nitrogens with zero attached hydrogens (tertiary/aromatic N) is 1. The number of nitrogens with one attached hydrogen (secondary N) is 1. The summed E-state index contributed by atoms with van der Waals surface area (Å²) in [4.78, 5) is 13.3. The minimum absolute atomic E-state index is 0.0971. The van der Waals surface area contributed by atoms with Crippen LogP contribution in [0.15, 0.2) is 23.7 Å². The van der Waals surface area contributed by atoms with Gasteiger partial charge < -0.3 is 20.7 Å². The Morgan fingerprint density at radius 1 is 1.44 bits per heavy atom. The molecule has 2 rings (SSSR count). The molecule has 1 heterocycles. The number of aldehydes is 1. The van der Waals surface area contributed by atoms with E-state index < -0.39 is 0 Å². The molecule has 1 fully saturated rings. The highest BCUT2D eigenvalue weighted by molar-refractivity contribution is 5.59. The zero-order chi connectivity index (χ0) is 13.1. The molecule has 2 aliphatic rings. The second-order valence-corrected chi connectivity index (χ2v) is 5.33. The van der Waals surface area contributed by atoms with Crippen LogP contribution in [0.1, 0.15) is 32.6 Å². The molecule has 0 aromatic rings. The van der Waals surface area contributed by atoms with Gasteiger partial charge in [-0.05, 0) is 31.0 Å². The molecule has 0 amide bonds. The van der Waals surface area contributed by atoms with Crippen molar-refractivity contribution in [2.45, 2.75) is 38.8 Å². The molecule has 0 bridgehead atoms. The van der Waals surface area contributed by atoms with Gasteiger partial charge in [-0.3, -0.25) is 0 Å². The van der Waals surface area contributed by atoms with E-state index >= 15 is 0 Å². The van der Waals surface area contributed by atoms with Crippen LogP contribution < -0.4 is 11.1 Å². The Kier molecular flexibility index (Phi) is 3.94. The number of nitrogens with two attached hydrogens (primary N) is 1. The highest BCUT2D eigenvalue weighted by Crippen LogP contribution is 2.35. The maximum absolute atomic E-state index is 11.1. The Balaban J connectivity index is 2.21. The van der Waals surface area contributed by atoms with Gasteiger partial charge in [-0.1, -0.05) is 19.8 Å². The van der Waals surface area contributed by atoms with Crippen LogP contribution in [-0.2, 0) is 4.79 Å². The molecule has 2 atom stereocenters. The third-order valence-corrected chi connectivity index (χ3v) is 4.12. The average molecular weight is 249 g/mol. The number of rotatable bonds is 4. The van der Waals surface area contributed by atoms with Gasteiger partial charge >= 0.3 is 0 Å². The largest absolute Gasteiger partial charge is 0.405 e. The zero-order valence-electron chi connectivity index (χ0n) is 11.2. The van der Waals surface area contributed by atoms with E-state index in [0.29, 0.717) is 12.1 Å². The summed E-state index contributed by atoms with van der Waals surface area (Å²) in [6.07, 6.45) is 9.88. The molecular weight excluding hydrogens is 226 g/mol. The summed E-state index contributed by atoms with van der Waals surface area (Å²) in [6.45, 7) is 1.93. The molecule has 1 aliphatic carbocycles. The topological polar surface area (TPSA) is 58.4 Å². The van der Waals surface area contributed by atoms with Gasteiger partial charge in [0.2, 0.25) is 0 Å². The van der Waals surface area contributed by atoms with Crippen molar-refractivity contribution in [3.8, 4) is 0 Å².